The fourth-order valence-electron chi connectivity index (χ4n) is 4.50. The first-order valence-electron chi connectivity index (χ1n) is 14.0. The number of methoxy groups -OCH3 is 1. The Morgan fingerprint density at radius 3 is 2.28 bits per heavy atom. The predicted molar refractivity (Wildman–Crippen MR) is 170 cm³/mol. The summed E-state index contributed by atoms with van der Waals surface area (Å²) in [5.74, 6) is -3.09. The van der Waals surface area contributed by atoms with Crippen molar-refractivity contribution in [3.8, 4) is 11.8 Å². The second kappa shape index (κ2) is 15.9. The molecule has 4 aromatic rings. The summed E-state index contributed by atoms with van der Waals surface area (Å²) in [5, 5.41) is 15.8. The maximum absolute atomic E-state index is 14.7. The number of hydrogen-bond donors (Lipinski definition) is 2. The number of alkyl halides is 2. The van der Waals surface area contributed by atoms with Gasteiger partial charge in [-0.25, -0.2) is 0 Å². The standard InChI is InChI=1S/C20H18F2N4O.C9H7NO2.C4H10N2O/c1-23-17-13-24-26-12-11-25(19(27)18(17)26)16-9-7-15(8-10-16)20(21,22)14-5-3-2-4-6-14;1-12-9-3-2-7(6-11)4-8(9)5-10;1-6(2)3-4(5)7/h2-10,13,23H,11-12H2,1H3;2-4,6H,1H3;3H2,1-2H3,(H2,5,7). The van der Waals surface area contributed by atoms with Gasteiger partial charge < -0.3 is 25.6 Å². The molecule has 0 radical (unpaired) electrons. The highest BCUT2D eigenvalue weighted by atomic mass is 19.3. The summed E-state index contributed by atoms with van der Waals surface area (Å²) < 4.78 is 35.9. The van der Waals surface area contributed by atoms with E-state index in [1.54, 1.807) is 84.3 Å². The molecule has 3 N–H and O–H groups in total. The number of amides is 2. The number of halogens is 2. The van der Waals surface area contributed by atoms with Crippen molar-refractivity contribution in [2.75, 3.05) is 51.6 Å². The topological polar surface area (TPSA) is 147 Å². The fraction of sp³-hybridized carbons (Fsp3) is 0.242. The van der Waals surface area contributed by atoms with Crippen molar-refractivity contribution in [3.63, 3.8) is 0 Å². The van der Waals surface area contributed by atoms with E-state index in [2.05, 4.69) is 10.4 Å². The van der Waals surface area contributed by atoms with Gasteiger partial charge in [0.2, 0.25) is 5.91 Å². The van der Waals surface area contributed by atoms with Gasteiger partial charge in [-0.1, -0.05) is 42.5 Å². The molecule has 5 rings (SSSR count). The van der Waals surface area contributed by atoms with Crippen LogP contribution in [0, 0.1) is 11.3 Å². The Labute approximate surface area is 265 Å². The molecule has 1 aliphatic rings. The van der Waals surface area contributed by atoms with Gasteiger partial charge in [0, 0.05) is 36.0 Å². The number of nitriles is 1. The Bertz CT molecular complexity index is 1670. The van der Waals surface area contributed by atoms with Crippen LogP contribution in [0.1, 0.15) is 37.5 Å². The highest BCUT2D eigenvalue weighted by Gasteiger charge is 2.34. The molecule has 13 heteroatoms. The van der Waals surface area contributed by atoms with Crippen molar-refractivity contribution >= 4 is 29.5 Å². The number of carbonyl (C=O) groups is 3. The third-order valence-corrected chi connectivity index (χ3v) is 6.72. The van der Waals surface area contributed by atoms with Crippen LogP contribution < -0.4 is 20.7 Å². The summed E-state index contributed by atoms with van der Waals surface area (Å²) in [6, 6.07) is 20.2. The van der Waals surface area contributed by atoms with E-state index >= 15 is 0 Å². The summed E-state index contributed by atoms with van der Waals surface area (Å²) in [7, 11) is 6.80. The molecule has 1 aromatic heterocycles. The second-order valence-corrected chi connectivity index (χ2v) is 10.2. The molecule has 11 nitrogen and oxygen atoms in total. The number of nitrogens with two attached hydrogens (primary N) is 1. The first kappa shape index (κ1) is 34.9. The number of ether oxygens (including phenoxy) is 1. The number of likely N-dealkylation sites (N-methyl/N-ethyl adjacent to an activating group) is 1. The van der Waals surface area contributed by atoms with Gasteiger partial charge in [0.05, 0.1) is 37.6 Å². The van der Waals surface area contributed by atoms with E-state index < -0.39 is 5.92 Å². The van der Waals surface area contributed by atoms with E-state index in [0.29, 0.717) is 59.9 Å². The molecule has 0 aliphatic carbocycles. The lowest BCUT2D eigenvalue weighted by molar-refractivity contribution is -0.118. The molecule has 46 heavy (non-hydrogen) atoms. The van der Waals surface area contributed by atoms with E-state index in [4.69, 9.17) is 15.7 Å². The van der Waals surface area contributed by atoms with Crippen LogP contribution in [0.2, 0.25) is 0 Å². The van der Waals surface area contributed by atoms with Gasteiger partial charge in [-0.3, -0.25) is 19.1 Å². The molecule has 2 heterocycles. The average molecular weight is 632 g/mol. The lowest BCUT2D eigenvalue weighted by Crippen LogP contribution is -2.40. The van der Waals surface area contributed by atoms with Crippen LogP contribution in [-0.2, 0) is 17.3 Å². The molecule has 0 fully saturated rings. The number of aldehydes is 1. The summed E-state index contributed by atoms with van der Waals surface area (Å²) in [5.41, 5.74) is 7.21. The number of fused-ring (bicyclic) bond motifs is 1. The molecule has 0 atom stereocenters. The Hall–Kier alpha value is -5.61. The summed E-state index contributed by atoms with van der Waals surface area (Å²) in [6.45, 7) is 1.32. The zero-order valence-electron chi connectivity index (χ0n) is 25.9. The van der Waals surface area contributed by atoms with Crippen molar-refractivity contribution in [2.45, 2.75) is 12.5 Å². The summed E-state index contributed by atoms with van der Waals surface area (Å²) in [6.07, 6.45) is 2.31. The van der Waals surface area contributed by atoms with Crippen molar-refractivity contribution in [1.29, 1.82) is 5.26 Å². The summed E-state index contributed by atoms with van der Waals surface area (Å²) >= 11 is 0. The molecule has 0 bridgehead atoms. The molecular weight excluding hydrogens is 596 g/mol. The van der Waals surface area contributed by atoms with Crippen LogP contribution >= 0.6 is 0 Å². The molecule has 3 aromatic carbocycles. The average Bonchev–Trinajstić information content (AvgIpc) is 3.49. The molecule has 240 valence electrons. The van der Waals surface area contributed by atoms with Crippen molar-refractivity contribution in [2.24, 2.45) is 5.73 Å². The first-order valence-corrected chi connectivity index (χ1v) is 14.0. The van der Waals surface area contributed by atoms with E-state index in [-0.39, 0.29) is 22.9 Å². The fourth-order valence-corrected chi connectivity index (χ4v) is 4.50. The van der Waals surface area contributed by atoms with Gasteiger partial charge in [0.1, 0.15) is 23.8 Å². The molecule has 0 saturated heterocycles. The SMILES string of the molecule is CN(C)CC(N)=O.CNc1cnn2c1C(=O)N(c1ccc(C(F)(F)c3ccccc3)cc1)CC2.COc1ccc(C=O)cc1C#N. The molecule has 1 aliphatic heterocycles. The first-order chi connectivity index (χ1) is 22.0. The minimum absolute atomic E-state index is 0.0608. The minimum Gasteiger partial charge on any atom is -0.495 e. The highest BCUT2D eigenvalue weighted by molar-refractivity contribution is 6.09. The number of carbonyl (C=O) groups excluding carboxylic acids is 3. The maximum atomic E-state index is 14.7. The third-order valence-electron chi connectivity index (χ3n) is 6.72. The van der Waals surface area contributed by atoms with Crippen LogP contribution in [0.15, 0.2) is 79.0 Å². The Morgan fingerprint density at radius 2 is 1.76 bits per heavy atom. The third kappa shape index (κ3) is 8.52. The van der Waals surface area contributed by atoms with E-state index in [1.807, 2.05) is 6.07 Å². The van der Waals surface area contributed by atoms with Crippen LogP contribution in [0.5, 0.6) is 5.75 Å². The lowest BCUT2D eigenvalue weighted by atomic mass is 10.00. The predicted octanol–water partition coefficient (Wildman–Crippen LogP) is 4.14. The number of hydrogen-bond acceptors (Lipinski definition) is 8. The molecular formula is C33H35F2N7O4. The zero-order valence-corrected chi connectivity index (χ0v) is 25.9. The number of primary amides is 1. The molecule has 0 spiro atoms. The minimum atomic E-state index is -3.09. The quantitative estimate of drug-likeness (QED) is 0.276. The van der Waals surface area contributed by atoms with Crippen LogP contribution in [-0.4, -0.2) is 74.1 Å². The zero-order chi connectivity index (χ0) is 33.9. The van der Waals surface area contributed by atoms with Gasteiger partial charge in [-0.05, 0) is 44.4 Å². The highest BCUT2D eigenvalue weighted by Crippen LogP contribution is 2.36. The van der Waals surface area contributed by atoms with E-state index in [9.17, 15) is 23.2 Å². The van der Waals surface area contributed by atoms with Crippen molar-refractivity contribution in [1.82, 2.24) is 14.7 Å². The lowest BCUT2D eigenvalue weighted by Gasteiger charge is -2.28. The van der Waals surface area contributed by atoms with Gasteiger partial charge in [-0.2, -0.15) is 19.1 Å². The van der Waals surface area contributed by atoms with Crippen LogP contribution in [0.3, 0.4) is 0 Å². The number of nitrogens with zero attached hydrogens (tertiary/aromatic N) is 5. The molecule has 0 unspecified atom stereocenters. The number of benzene rings is 3. The monoisotopic (exact) mass is 631 g/mol. The van der Waals surface area contributed by atoms with Gasteiger partial charge in [0.15, 0.2) is 0 Å². The van der Waals surface area contributed by atoms with Crippen LogP contribution in [0.4, 0.5) is 20.2 Å². The Morgan fingerprint density at radius 1 is 1.11 bits per heavy atom. The van der Waals surface area contributed by atoms with Gasteiger partial charge >= 0.3 is 0 Å². The smallest absolute Gasteiger partial charge is 0.298 e. The number of nitrogens with one attached hydrogen (secondary N) is 1. The number of aromatic nitrogens is 2. The molecule has 0 saturated carbocycles. The number of rotatable bonds is 8. The molecule has 2 amide bonds. The van der Waals surface area contributed by atoms with E-state index in [1.165, 1.54) is 37.4 Å². The van der Waals surface area contributed by atoms with Gasteiger partial charge in [0.25, 0.3) is 11.8 Å². The Kier molecular flexibility index (Phi) is 12.1. The van der Waals surface area contributed by atoms with Crippen molar-refractivity contribution in [3.05, 3.63) is 107 Å². The normalized spacial score (nSPS) is 12.0. The van der Waals surface area contributed by atoms with Gasteiger partial charge in [-0.15, -0.1) is 0 Å². The van der Waals surface area contributed by atoms with Crippen LogP contribution in [0.25, 0.3) is 0 Å². The second-order valence-electron chi connectivity index (χ2n) is 10.2. The Balaban J connectivity index is 0.000000250. The summed E-state index contributed by atoms with van der Waals surface area (Å²) in [4.78, 5) is 36.5. The largest absolute Gasteiger partial charge is 0.495 e. The van der Waals surface area contributed by atoms with E-state index in [0.717, 1.165) is 0 Å². The van der Waals surface area contributed by atoms with Crippen molar-refractivity contribution < 1.29 is 27.9 Å². The maximum Gasteiger partial charge on any atom is 0.298 e. The number of anilines is 2.